The minimum Gasteiger partial charge on any atom is -0.291 e. The molecule has 0 atom stereocenters. The van der Waals surface area contributed by atoms with Crippen LogP contribution in [0.3, 0.4) is 0 Å². The summed E-state index contributed by atoms with van der Waals surface area (Å²) in [6, 6.07) is 1.82. The molecule has 0 aromatic carbocycles. The molecule has 4 heteroatoms. The van der Waals surface area contributed by atoms with Gasteiger partial charge in [-0.2, -0.15) is 5.10 Å². The molecule has 0 amide bonds. The van der Waals surface area contributed by atoms with Crippen molar-refractivity contribution in [2.45, 2.75) is 4.90 Å². The van der Waals surface area contributed by atoms with Crippen LogP contribution in [-0.2, 0) is 0 Å². The first-order valence-electron chi connectivity index (χ1n) is 2.85. The predicted molar refractivity (Wildman–Crippen MR) is 37.1 cm³/mol. The van der Waals surface area contributed by atoms with Gasteiger partial charge >= 0.3 is 0 Å². The molecule has 0 spiro atoms. The van der Waals surface area contributed by atoms with Gasteiger partial charge in [-0.05, 0) is 6.07 Å². The quantitative estimate of drug-likeness (QED) is 0.550. The fourth-order valence-electron chi connectivity index (χ4n) is 0.842. The summed E-state index contributed by atoms with van der Waals surface area (Å²) >= 11 is 1.52. The number of thioether (sulfide) groups is 1. The van der Waals surface area contributed by atoms with Gasteiger partial charge < -0.3 is 0 Å². The Bertz CT molecular complexity index is 287. The van der Waals surface area contributed by atoms with E-state index in [1.165, 1.54) is 11.8 Å². The second-order valence-electron chi connectivity index (χ2n) is 1.96. The Morgan fingerprint density at radius 2 is 2.50 bits per heavy atom. The van der Waals surface area contributed by atoms with E-state index >= 15 is 0 Å². The van der Waals surface area contributed by atoms with E-state index in [1.807, 2.05) is 6.07 Å². The van der Waals surface area contributed by atoms with Crippen molar-refractivity contribution < 1.29 is 4.79 Å². The van der Waals surface area contributed by atoms with Gasteiger partial charge in [0, 0.05) is 4.90 Å². The standard InChI is InChI=1S/C6H4N2OS/c9-4-3-10-5-1-2-7-8-6(4)5/h1-2H,3H2. The number of ketones is 1. The van der Waals surface area contributed by atoms with Crippen molar-refractivity contribution in [2.24, 2.45) is 0 Å². The number of nitrogens with zero attached hydrogens (tertiary/aromatic N) is 2. The van der Waals surface area contributed by atoms with Crippen LogP contribution in [0.2, 0.25) is 0 Å². The maximum absolute atomic E-state index is 10.9. The Kier molecular flexibility index (Phi) is 1.20. The van der Waals surface area contributed by atoms with Crippen molar-refractivity contribution in [3.63, 3.8) is 0 Å². The third-order valence-electron chi connectivity index (χ3n) is 1.31. The summed E-state index contributed by atoms with van der Waals surface area (Å²) < 4.78 is 0. The molecule has 50 valence electrons. The van der Waals surface area contributed by atoms with E-state index in [0.29, 0.717) is 11.4 Å². The summed E-state index contributed by atoms with van der Waals surface area (Å²) in [5.41, 5.74) is 0.535. The molecule has 0 aliphatic carbocycles. The molecule has 0 saturated carbocycles. The number of rotatable bonds is 0. The first-order valence-corrected chi connectivity index (χ1v) is 3.84. The summed E-state index contributed by atoms with van der Waals surface area (Å²) in [6.07, 6.45) is 1.60. The van der Waals surface area contributed by atoms with Crippen molar-refractivity contribution in [2.75, 3.05) is 5.75 Å². The van der Waals surface area contributed by atoms with E-state index in [2.05, 4.69) is 10.2 Å². The molecule has 0 fully saturated rings. The minimum atomic E-state index is 0.0908. The highest BCUT2D eigenvalue weighted by Gasteiger charge is 2.21. The van der Waals surface area contributed by atoms with Crippen LogP contribution in [0.25, 0.3) is 0 Å². The molecule has 1 aliphatic heterocycles. The van der Waals surface area contributed by atoms with Gasteiger partial charge in [0.1, 0.15) is 5.69 Å². The number of hydrogen-bond acceptors (Lipinski definition) is 4. The molecule has 0 saturated heterocycles. The molecule has 0 N–H and O–H groups in total. The van der Waals surface area contributed by atoms with E-state index in [9.17, 15) is 4.79 Å². The normalized spacial score (nSPS) is 15.4. The number of Topliss-reactive ketones (excluding diaryl/α,β-unsaturated/α-hetero) is 1. The Balaban J connectivity index is 2.61. The second-order valence-corrected chi connectivity index (χ2v) is 2.97. The lowest BCUT2D eigenvalue weighted by Gasteiger charge is -1.88. The van der Waals surface area contributed by atoms with Gasteiger partial charge in [0.2, 0.25) is 0 Å². The molecular formula is C6H4N2OS. The number of hydrogen-bond donors (Lipinski definition) is 0. The number of carbonyl (C=O) groups is 1. The molecule has 2 heterocycles. The third kappa shape index (κ3) is 0.724. The number of aromatic nitrogens is 2. The largest absolute Gasteiger partial charge is 0.291 e. The van der Waals surface area contributed by atoms with Crippen molar-refractivity contribution in [3.8, 4) is 0 Å². The van der Waals surface area contributed by atoms with Gasteiger partial charge in [0.15, 0.2) is 5.78 Å². The highest BCUT2D eigenvalue weighted by atomic mass is 32.2. The molecule has 10 heavy (non-hydrogen) atoms. The van der Waals surface area contributed by atoms with Crippen LogP contribution in [0.5, 0.6) is 0 Å². The van der Waals surface area contributed by atoms with Crippen molar-refractivity contribution in [1.29, 1.82) is 0 Å². The van der Waals surface area contributed by atoms with Crippen molar-refractivity contribution >= 4 is 17.5 Å². The van der Waals surface area contributed by atoms with E-state index in [4.69, 9.17) is 0 Å². The zero-order chi connectivity index (χ0) is 6.97. The molecule has 1 aromatic heterocycles. The van der Waals surface area contributed by atoms with Crippen LogP contribution < -0.4 is 0 Å². The average Bonchev–Trinajstić information content (AvgIpc) is 2.34. The molecule has 2 rings (SSSR count). The van der Waals surface area contributed by atoms with Crippen LogP contribution in [0.15, 0.2) is 17.2 Å². The lowest BCUT2D eigenvalue weighted by atomic mass is 10.3. The number of carbonyl (C=O) groups excluding carboxylic acids is 1. The van der Waals surface area contributed by atoms with Crippen LogP contribution in [-0.4, -0.2) is 21.7 Å². The monoisotopic (exact) mass is 152 g/mol. The topological polar surface area (TPSA) is 42.9 Å². The molecule has 1 aromatic rings. The first-order chi connectivity index (χ1) is 4.88. The van der Waals surface area contributed by atoms with Crippen LogP contribution in [0, 0.1) is 0 Å². The van der Waals surface area contributed by atoms with Crippen LogP contribution >= 0.6 is 11.8 Å². The molecule has 1 aliphatic rings. The highest BCUT2D eigenvalue weighted by Crippen LogP contribution is 2.27. The van der Waals surface area contributed by atoms with Gasteiger partial charge in [0.25, 0.3) is 0 Å². The van der Waals surface area contributed by atoms with Gasteiger partial charge in [-0.1, -0.05) is 0 Å². The van der Waals surface area contributed by atoms with Crippen molar-refractivity contribution in [3.05, 3.63) is 18.0 Å². The van der Waals surface area contributed by atoms with E-state index in [1.54, 1.807) is 6.20 Å². The predicted octanol–water partition coefficient (Wildman–Crippen LogP) is 0.765. The summed E-state index contributed by atoms with van der Waals surface area (Å²) in [5, 5.41) is 7.34. The Labute approximate surface area is 61.8 Å². The van der Waals surface area contributed by atoms with Gasteiger partial charge in [-0.15, -0.1) is 16.9 Å². The SMILES string of the molecule is O=C1CSc2ccnnc21. The first kappa shape index (κ1) is 5.85. The highest BCUT2D eigenvalue weighted by molar-refractivity contribution is 8.00. The smallest absolute Gasteiger partial charge is 0.194 e. The molecule has 0 bridgehead atoms. The second kappa shape index (κ2) is 2.05. The summed E-state index contributed by atoms with van der Waals surface area (Å²) in [5.74, 6) is 0.613. The lowest BCUT2D eigenvalue weighted by Crippen LogP contribution is -1.99. The summed E-state index contributed by atoms with van der Waals surface area (Å²) in [7, 11) is 0. The molecule has 0 radical (unpaired) electrons. The fraction of sp³-hybridized carbons (Fsp3) is 0.167. The minimum absolute atomic E-state index is 0.0908. The molecule has 3 nitrogen and oxygen atoms in total. The number of fused-ring (bicyclic) bond motifs is 1. The van der Waals surface area contributed by atoms with Crippen LogP contribution in [0.4, 0.5) is 0 Å². The van der Waals surface area contributed by atoms with Crippen LogP contribution in [0.1, 0.15) is 10.5 Å². The maximum atomic E-state index is 10.9. The fourth-order valence-corrected chi connectivity index (χ4v) is 1.71. The van der Waals surface area contributed by atoms with E-state index in [-0.39, 0.29) is 5.78 Å². The lowest BCUT2D eigenvalue weighted by molar-refractivity contribution is 0.101. The van der Waals surface area contributed by atoms with Gasteiger partial charge in [-0.3, -0.25) is 4.79 Å². The maximum Gasteiger partial charge on any atom is 0.194 e. The Morgan fingerprint density at radius 1 is 1.60 bits per heavy atom. The van der Waals surface area contributed by atoms with Gasteiger partial charge in [-0.25, -0.2) is 0 Å². The van der Waals surface area contributed by atoms with Crippen molar-refractivity contribution in [1.82, 2.24) is 10.2 Å². The van der Waals surface area contributed by atoms with E-state index < -0.39 is 0 Å². The Hall–Kier alpha value is -0.900. The zero-order valence-corrected chi connectivity index (χ0v) is 5.89. The summed E-state index contributed by atoms with van der Waals surface area (Å²) in [4.78, 5) is 11.9. The Morgan fingerprint density at radius 3 is 3.30 bits per heavy atom. The molecule has 0 unspecified atom stereocenters. The van der Waals surface area contributed by atoms with Gasteiger partial charge in [0.05, 0.1) is 11.9 Å². The van der Waals surface area contributed by atoms with E-state index in [0.717, 1.165) is 4.90 Å². The molecular weight excluding hydrogens is 148 g/mol. The average molecular weight is 152 g/mol. The zero-order valence-electron chi connectivity index (χ0n) is 5.07. The summed E-state index contributed by atoms with van der Waals surface area (Å²) in [6.45, 7) is 0. The third-order valence-corrected chi connectivity index (χ3v) is 2.35.